The van der Waals surface area contributed by atoms with E-state index in [0.717, 1.165) is 29.4 Å². The zero-order valence-corrected chi connectivity index (χ0v) is 16.5. The van der Waals surface area contributed by atoms with Gasteiger partial charge in [0.25, 0.3) is 11.6 Å². The number of amides is 2. The Bertz CT molecular complexity index is 985. The summed E-state index contributed by atoms with van der Waals surface area (Å²) in [5, 5.41) is 14.2. The van der Waals surface area contributed by atoms with Gasteiger partial charge in [-0.1, -0.05) is 6.07 Å². The maximum Gasteiger partial charge on any atom is 0.271 e. The summed E-state index contributed by atoms with van der Waals surface area (Å²) in [6.07, 6.45) is -0.00776. The molecule has 2 aromatic rings. The van der Waals surface area contributed by atoms with Crippen LogP contribution in [0.4, 0.5) is 22.7 Å². The van der Waals surface area contributed by atoms with E-state index in [4.69, 9.17) is 4.74 Å². The molecular weight excluding hydrogens is 388 g/mol. The molecule has 4 rings (SSSR count). The number of rotatable bonds is 5. The maximum atomic E-state index is 12.9. The molecule has 0 bridgehead atoms. The minimum atomic E-state index is -0.717. The van der Waals surface area contributed by atoms with Crippen LogP contribution in [0, 0.1) is 17.0 Å². The summed E-state index contributed by atoms with van der Waals surface area (Å²) in [6, 6.07) is 11.1. The van der Waals surface area contributed by atoms with Crippen LogP contribution in [-0.4, -0.2) is 49.1 Å². The van der Waals surface area contributed by atoms with Gasteiger partial charge in [0, 0.05) is 36.6 Å². The number of hydrogen-bond acceptors (Lipinski definition) is 7. The van der Waals surface area contributed by atoms with E-state index in [1.54, 1.807) is 13.0 Å². The Balaban J connectivity index is 1.49. The lowest BCUT2D eigenvalue weighted by atomic mass is 10.1. The van der Waals surface area contributed by atoms with Crippen molar-refractivity contribution in [1.29, 1.82) is 0 Å². The molecule has 2 aliphatic rings. The summed E-state index contributed by atoms with van der Waals surface area (Å²) < 4.78 is 5.37. The molecule has 2 heterocycles. The topological polar surface area (TPSA) is 105 Å². The maximum absolute atomic E-state index is 12.9. The molecule has 2 aliphatic heterocycles. The number of ether oxygens (including phenoxy) is 1. The van der Waals surface area contributed by atoms with E-state index in [2.05, 4.69) is 10.2 Å². The van der Waals surface area contributed by atoms with E-state index in [1.807, 2.05) is 24.3 Å². The van der Waals surface area contributed by atoms with Gasteiger partial charge in [-0.05, 0) is 36.8 Å². The Kier molecular flexibility index (Phi) is 5.37. The van der Waals surface area contributed by atoms with Crippen LogP contribution in [-0.2, 0) is 14.3 Å². The predicted molar refractivity (Wildman–Crippen MR) is 112 cm³/mol. The number of aryl methyl sites for hydroxylation is 1. The molecule has 2 aromatic carbocycles. The van der Waals surface area contributed by atoms with Crippen molar-refractivity contribution in [3.05, 3.63) is 58.1 Å². The molecule has 0 aliphatic carbocycles. The Labute approximate surface area is 173 Å². The quantitative estimate of drug-likeness (QED) is 0.459. The van der Waals surface area contributed by atoms with Crippen LogP contribution < -0.4 is 15.1 Å². The first kappa shape index (κ1) is 19.8. The van der Waals surface area contributed by atoms with Gasteiger partial charge in [0.1, 0.15) is 6.04 Å². The minimum absolute atomic E-state index is 0.00776. The fourth-order valence-electron chi connectivity index (χ4n) is 3.74. The smallest absolute Gasteiger partial charge is 0.271 e. The largest absolute Gasteiger partial charge is 0.378 e. The first-order valence-corrected chi connectivity index (χ1v) is 9.75. The fourth-order valence-corrected chi connectivity index (χ4v) is 3.74. The van der Waals surface area contributed by atoms with Crippen LogP contribution >= 0.6 is 0 Å². The normalized spacial score (nSPS) is 19.3. The zero-order chi connectivity index (χ0) is 21.3. The Morgan fingerprint density at radius 2 is 1.80 bits per heavy atom. The van der Waals surface area contributed by atoms with E-state index in [9.17, 15) is 19.7 Å². The Hall–Kier alpha value is -3.46. The number of nitrogens with zero attached hydrogens (tertiary/aromatic N) is 3. The Morgan fingerprint density at radius 3 is 2.47 bits per heavy atom. The summed E-state index contributed by atoms with van der Waals surface area (Å²) in [6.45, 7) is 4.78. The standard InChI is InChI=1S/C21H22N4O5/c1-14-2-5-17(25(28)29)12-19(14)24-20(26)13-18(21(24)27)22-15-3-6-16(7-4-15)23-8-10-30-11-9-23/h2-7,12,18,22H,8-11,13H2,1H3/t18-/m0/s1. The third-order valence-electron chi connectivity index (χ3n) is 5.38. The predicted octanol–water partition coefficient (Wildman–Crippen LogP) is 2.48. The molecule has 0 spiro atoms. The van der Waals surface area contributed by atoms with Crippen LogP contribution in [0.1, 0.15) is 12.0 Å². The van der Waals surface area contributed by atoms with Crippen LogP contribution in [0.2, 0.25) is 0 Å². The SMILES string of the molecule is Cc1ccc([N+](=O)[O-])cc1N1C(=O)C[C@H](Nc2ccc(N3CCOCC3)cc2)C1=O. The number of benzene rings is 2. The molecule has 9 nitrogen and oxygen atoms in total. The van der Waals surface area contributed by atoms with E-state index in [-0.39, 0.29) is 23.7 Å². The van der Waals surface area contributed by atoms with Gasteiger partial charge in [0.15, 0.2) is 0 Å². The monoisotopic (exact) mass is 410 g/mol. The van der Waals surface area contributed by atoms with Crippen molar-refractivity contribution in [3.8, 4) is 0 Å². The number of imide groups is 1. The fraction of sp³-hybridized carbons (Fsp3) is 0.333. The third-order valence-corrected chi connectivity index (χ3v) is 5.38. The second-order valence-electron chi connectivity index (χ2n) is 7.34. The first-order chi connectivity index (χ1) is 14.4. The first-order valence-electron chi connectivity index (χ1n) is 9.75. The molecule has 9 heteroatoms. The number of carbonyl (C=O) groups is 2. The van der Waals surface area contributed by atoms with E-state index < -0.39 is 16.9 Å². The molecule has 0 unspecified atom stereocenters. The molecule has 1 atom stereocenters. The average Bonchev–Trinajstić information content (AvgIpc) is 3.02. The number of carbonyl (C=O) groups excluding carboxylic acids is 2. The van der Waals surface area contributed by atoms with Crippen LogP contribution in [0.15, 0.2) is 42.5 Å². The van der Waals surface area contributed by atoms with Gasteiger partial charge in [-0.3, -0.25) is 19.7 Å². The number of morpholine rings is 1. The molecule has 2 saturated heterocycles. The number of nitro benzene ring substituents is 1. The Morgan fingerprint density at radius 1 is 1.10 bits per heavy atom. The highest BCUT2D eigenvalue weighted by atomic mass is 16.6. The summed E-state index contributed by atoms with van der Waals surface area (Å²) >= 11 is 0. The number of non-ortho nitro benzene ring substituents is 1. The van der Waals surface area contributed by atoms with Crippen molar-refractivity contribution >= 4 is 34.6 Å². The highest BCUT2D eigenvalue weighted by Crippen LogP contribution is 2.31. The lowest BCUT2D eigenvalue weighted by Gasteiger charge is -2.29. The van der Waals surface area contributed by atoms with Crippen molar-refractivity contribution < 1.29 is 19.2 Å². The summed E-state index contributed by atoms with van der Waals surface area (Å²) in [4.78, 5) is 39.3. The molecule has 1 N–H and O–H groups in total. The summed E-state index contributed by atoms with van der Waals surface area (Å²) in [7, 11) is 0. The number of nitro groups is 1. The molecule has 0 saturated carbocycles. The molecule has 0 aromatic heterocycles. The average molecular weight is 410 g/mol. The van der Waals surface area contributed by atoms with Gasteiger partial charge >= 0.3 is 0 Å². The van der Waals surface area contributed by atoms with E-state index in [1.165, 1.54) is 12.1 Å². The van der Waals surface area contributed by atoms with Gasteiger partial charge in [-0.25, -0.2) is 4.90 Å². The zero-order valence-electron chi connectivity index (χ0n) is 16.5. The summed E-state index contributed by atoms with van der Waals surface area (Å²) in [5.41, 5.74) is 2.53. The molecule has 156 valence electrons. The van der Waals surface area contributed by atoms with Gasteiger partial charge in [-0.15, -0.1) is 0 Å². The molecule has 2 fully saturated rings. The van der Waals surface area contributed by atoms with Gasteiger partial charge in [-0.2, -0.15) is 0 Å². The molecule has 30 heavy (non-hydrogen) atoms. The second kappa shape index (κ2) is 8.11. The van der Waals surface area contributed by atoms with E-state index >= 15 is 0 Å². The van der Waals surface area contributed by atoms with Crippen LogP contribution in [0.25, 0.3) is 0 Å². The molecule has 0 radical (unpaired) electrons. The number of nitrogens with one attached hydrogen (secondary N) is 1. The van der Waals surface area contributed by atoms with Crippen molar-refractivity contribution in [3.63, 3.8) is 0 Å². The van der Waals surface area contributed by atoms with Crippen molar-refractivity contribution in [2.45, 2.75) is 19.4 Å². The minimum Gasteiger partial charge on any atom is -0.378 e. The number of hydrogen-bond donors (Lipinski definition) is 1. The highest BCUT2D eigenvalue weighted by Gasteiger charge is 2.40. The second-order valence-corrected chi connectivity index (χ2v) is 7.34. The number of anilines is 3. The lowest BCUT2D eigenvalue weighted by Crippen LogP contribution is -2.36. The molecule has 2 amide bonds. The van der Waals surface area contributed by atoms with Crippen LogP contribution in [0.5, 0.6) is 0 Å². The van der Waals surface area contributed by atoms with E-state index in [0.29, 0.717) is 18.8 Å². The van der Waals surface area contributed by atoms with Crippen molar-refractivity contribution in [2.75, 3.05) is 41.4 Å². The molecular formula is C21H22N4O5. The van der Waals surface area contributed by atoms with Crippen molar-refractivity contribution in [1.82, 2.24) is 0 Å². The lowest BCUT2D eigenvalue weighted by molar-refractivity contribution is -0.384. The summed E-state index contributed by atoms with van der Waals surface area (Å²) in [5.74, 6) is -0.799. The van der Waals surface area contributed by atoms with Crippen molar-refractivity contribution in [2.24, 2.45) is 0 Å². The van der Waals surface area contributed by atoms with Gasteiger partial charge < -0.3 is 15.0 Å². The van der Waals surface area contributed by atoms with Crippen LogP contribution in [0.3, 0.4) is 0 Å². The highest BCUT2D eigenvalue weighted by molar-refractivity contribution is 6.23. The van der Waals surface area contributed by atoms with Gasteiger partial charge in [0.2, 0.25) is 5.91 Å². The third kappa shape index (κ3) is 3.84. The van der Waals surface area contributed by atoms with Gasteiger partial charge in [0.05, 0.1) is 30.2 Å².